The topological polar surface area (TPSA) is 59.8 Å². The zero-order valence-corrected chi connectivity index (χ0v) is 15.8. The number of halogens is 4. The normalized spacial score (nSPS) is 14.1. The molecule has 1 aliphatic heterocycles. The van der Waals surface area contributed by atoms with Crippen LogP contribution in [0.25, 0.3) is 11.4 Å². The van der Waals surface area contributed by atoms with Gasteiger partial charge in [-0.15, -0.1) is 10.2 Å². The molecule has 0 spiro atoms. The zero-order valence-electron chi connectivity index (χ0n) is 15.8. The van der Waals surface area contributed by atoms with Crippen LogP contribution in [-0.4, -0.2) is 20.7 Å². The van der Waals surface area contributed by atoms with Crippen molar-refractivity contribution in [2.75, 3.05) is 5.32 Å². The molecule has 0 unspecified atom stereocenters. The number of aromatic nitrogens is 3. The van der Waals surface area contributed by atoms with Gasteiger partial charge in [-0.3, -0.25) is 4.79 Å². The van der Waals surface area contributed by atoms with E-state index in [4.69, 9.17) is 0 Å². The van der Waals surface area contributed by atoms with Gasteiger partial charge in [-0.1, -0.05) is 18.6 Å². The summed E-state index contributed by atoms with van der Waals surface area (Å²) in [7, 11) is 0. The predicted octanol–water partition coefficient (Wildman–Crippen LogP) is 5.08. The maximum Gasteiger partial charge on any atom is 0.417 e. The number of nitrogens with zero attached hydrogens (tertiary/aromatic N) is 3. The largest absolute Gasteiger partial charge is 0.417 e. The highest BCUT2D eigenvalue weighted by molar-refractivity contribution is 6.05. The molecular formula is C21H18F4N4O. The number of rotatable bonds is 3. The van der Waals surface area contributed by atoms with Gasteiger partial charge in [0.15, 0.2) is 5.82 Å². The van der Waals surface area contributed by atoms with Crippen LogP contribution in [0.3, 0.4) is 0 Å². The summed E-state index contributed by atoms with van der Waals surface area (Å²) in [6, 6.07) is 8.33. The van der Waals surface area contributed by atoms with Gasteiger partial charge < -0.3 is 9.88 Å². The molecule has 0 fully saturated rings. The van der Waals surface area contributed by atoms with Gasteiger partial charge in [-0.25, -0.2) is 4.39 Å². The Labute approximate surface area is 169 Å². The van der Waals surface area contributed by atoms with E-state index in [1.54, 1.807) is 0 Å². The van der Waals surface area contributed by atoms with Crippen LogP contribution >= 0.6 is 0 Å². The van der Waals surface area contributed by atoms with Crippen molar-refractivity contribution in [1.82, 2.24) is 14.8 Å². The van der Waals surface area contributed by atoms with Crippen molar-refractivity contribution in [3.63, 3.8) is 0 Å². The molecule has 3 aromatic rings. The van der Waals surface area contributed by atoms with Crippen LogP contribution in [0.2, 0.25) is 0 Å². The Morgan fingerprint density at radius 3 is 2.63 bits per heavy atom. The van der Waals surface area contributed by atoms with Crippen LogP contribution in [0.15, 0.2) is 42.5 Å². The molecule has 9 heteroatoms. The van der Waals surface area contributed by atoms with Gasteiger partial charge in [0.2, 0.25) is 0 Å². The first-order valence-electron chi connectivity index (χ1n) is 9.54. The second kappa shape index (κ2) is 7.89. The van der Waals surface area contributed by atoms with Crippen LogP contribution < -0.4 is 5.32 Å². The summed E-state index contributed by atoms with van der Waals surface area (Å²) in [6.07, 6.45) is -0.972. The Bertz CT molecular complexity index is 1090. The number of nitrogens with one attached hydrogen (secondary N) is 1. The lowest BCUT2D eigenvalue weighted by atomic mass is 10.1. The van der Waals surface area contributed by atoms with Crippen molar-refractivity contribution in [3.8, 4) is 11.4 Å². The van der Waals surface area contributed by atoms with Gasteiger partial charge in [0.25, 0.3) is 5.91 Å². The second-order valence-electron chi connectivity index (χ2n) is 7.09. The van der Waals surface area contributed by atoms with Gasteiger partial charge in [0.05, 0.1) is 16.7 Å². The lowest BCUT2D eigenvalue weighted by Gasteiger charge is -2.13. The molecule has 4 rings (SSSR count). The van der Waals surface area contributed by atoms with Crippen molar-refractivity contribution in [2.45, 2.75) is 38.4 Å². The predicted molar refractivity (Wildman–Crippen MR) is 102 cm³/mol. The average Bonchev–Trinajstić information content (AvgIpc) is 2.96. The molecule has 1 aromatic heterocycles. The Morgan fingerprint density at radius 2 is 1.83 bits per heavy atom. The molecule has 1 N–H and O–H groups in total. The van der Waals surface area contributed by atoms with Crippen molar-refractivity contribution < 1.29 is 22.4 Å². The third-order valence-corrected chi connectivity index (χ3v) is 5.05. The molecule has 156 valence electrons. The van der Waals surface area contributed by atoms with Crippen LogP contribution in [-0.2, 0) is 19.1 Å². The van der Waals surface area contributed by atoms with E-state index in [1.165, 1.54) is 24.3 Å². The molecule has 0 saturated heterocycles. The number of amides is 1. The van der Waals surface area contributed by atoms with Crippen molar-refractivity contribution in [1.29, 1.82) is 0 Å². The number of hydrogen-bond acceptors (Lipinski definition) is 3. The highest BCUT2D eigenvalue weighted by Gasteiger charge is 2.34. The van der Waals surface area contributed by atoms with Crippen LogP contribution in [0.5, 0.6) is 0 Å². The first-order chi connectivity index (χ1) is 14.3. The van der Waals surface area contributed by atoms with Gasteiger partial charge in [0, 0.05) is 18.7 Å². The summed E-state index contributed by atoms with van der Waals surface area (Å²) in [5, 5.41) is 10.7. The van der Waals surface area contributed by atoms with Gasteiger partial charge in [-0.2, -0.15) is 13.2 Å². The first kappa shape index (κ1) is 20.1. The van der Waals surface area contributed by atoms with Gasteiger partial charge in [0.1, 0.15) is 11.6 Å². The Morgan fingerprint density at radius 1 is 1.03 bits per heavy atom. The smallest absolute Gasteiger partial charge is 0.322 e. The lowest BCUT2D eigenvalue weighted by molar-refractivity contribution is -0.137. The standard InChI is InChI=1S/C21H18F4N4O/c22-17-10-9-13(26-20(30)14-6-3-4-7-16(14)21(23,24)25)12-15(17)19-28-27-18-8-2-1-5-11-29(18)19/h3-4,6-7,9-10,12H,1-2,5,8,11H2,(H,26,30). The molecule has 5 nitrogen and oxygen atoms in total. The van der Waals surface area contributed by atoms with Crippen LogP contribution in [0.1, 0.15) is 41.0 Å². The van der Waals surface area contributed by atoms with E-state index in [0.29, 0.717) is 12.4 Å². The van der Waals surface area contributed by atoms with E-state index < -0.39 is 29.0 Å². The zero-order chi connectivity index (χ0) is 21.3. The van der Waals surface area contributed by atoms with E-state index in [1.807, 2.05) is 4.57 Å². The van der Waals surface area contributed by atoms with Crippen LogP contribution in [0, 0.1) is 5.82 Å². The average molecular weight is 418 g/mol. The highest BCUT2D eigenvalue weighted by Crippen LogP contribution is 2.33. The summed E-state index contributed by atoms with van der Waals surface area (Å²) < 4.78 is 56.0. The minimum absolute atomic E-state index is 0.137. The molecular weight excluding hydrogens is 400 g/mol. The number of benzene rings is 2. The Hall–Kier alpha value is -3.23. The monoisotopic (exact) mass is 418 g/mol. The molecule has 2 heterocycles. The summed E-state index contributed by atoms with van der Waals surface area (Å²) in [6.45, 7) is 0.659. The minimum atomic E-state index is -4.67. The van der Waals surface area contributed by atoms with Crippen molar-refractivity contribution in [2.24, 2.45) is 0 Å². The third-order valence-electron chi connectivity index (χ3n) is 5.05. The number of fused-ring (bicyclic) bond motifs is 1. The molecule has 0 aliphatic carbocycles. The number of carbonyl (C=O) groups is 1. The summed E-state index contributed by atoms with van der Waals surface area (Å²) >= 11 is 0. The van der Waals surface area contributed by atoms with E-state index >= 15 is 0 Å². The van der Waals surface area contributed by atoms with Crippen LogP contribution in [0.4, 0.5) is 23.2 Å². The molecule has 2 aromatic carbocycles. The summed E-state index contributed by atoms with van der Waals surface area (Å²) in [4.78, 5) is 12.5. The number of aryl methyl sites for hydroxylation is 1. The Balaban J connectivity index is 1.66. The molecule has 0 radical (unpaired) electrons. The second-order valence-corrected chi connectivity index (χ2v) is 7.09. The fraction of sp³-hybridized carbons (Fsp3) is 0.286. The number of anilines is 1. The molecule has 1 aliphatic rings. The van der Waals surface area contributed by atoms with E-state index in [2.05, 4.69) is 15.5 Å². The van der Waals surface area contributed by atoms with E-state index in [0.717, 1.165) is 49.7 Å². The molecule has 1 amide bonds. The maximum atomic E-state index is 14.5. The van der Waals surface area contributed by atoms with E-state index in [9.17, 15) is 22.4 Å². The minimum Gasteiger partial charge on any atom is -0.322 e. The van der Waals surface area contributed by atoms with Crippen molar-refractivity contribution in [3.05, 3.63) is 65.2 Å². The fourth-order valence-electron chi connectivity index (χ4n) is 3.59. The maximum absolute atomic E-state index is 14.5. The molecule has 30 heavy (non-hydrogen) atoms. The first-order valence-corrected chi connectivity index (χ1v) is 9.54. The number of carbonyl (C=O) groups excluding carboxylic acids is 1. The lowest BCUT2D eigenvalue weighted by Crippen LogP contribution is -2.18. The molecule has 0 atom stereocenters. The Kier molecular flexibility index (Phi) is 5.27. The third kappa shape index (κ3) is 3.92. The summed E-state index contributed by atoms with van der Waals surface area (Å²) in [5.74, 6) is -0.365. The fourth-order valence-corrected chi connectivity index (χ4v) is 3.59. The molecule has 0 bridgehead atoms. The van der Waals surface area contributed by atoms with Gasteiger partial charge >= 0.3 is 6.18 Å². The number of alkyl halides is 3. The number of hydrogen-bond donors (Lipinski definition) is 1. The highest BCUT2D eigenvalue weighted by atomic mass is 19.4. The quantitative estimate of drug-likeness (QED) is 0.604. The van der Waals surface area contributed by atoms with Gasteiger partial charge in [-0.05, 0) is 43.2 Å². The summed E-state index contributed by atoms with van der Waals surface area (Å²) in [5.41, 5.74) is -1.24. The van der Waals surface area contributed by atoms with Crippen molar-refractivity contribution >= 4 is 11.6 Å². The molecule has 0 saturated carbocycles. The SMILES string of the molecule is O=C(Nc1ccc(F)c(-c2nnc3n2CCCCC3)c1)c1ccccc1C(F)(F)F. The van der Waals surface area contributed by atoms with E-state index in [-0.39, 0.29) is 11.3 Å².